The molecule has 0 bridgehead atoms. The summed E-state index contributed by atoms with van der Waals surface area (Å²) in [7, 11) is 0. The van der Waals surface area contributed by atoms with Crippen LogP contribution in [0.4, 0.5) is 11.4 Å². The van der Waals surface area contributed by atoms with E-state index in [1.54, 1.807) is 18.2 Å². The van der Waals surface area contributed by atoms with Crippen LogP contribution in [-0.2, 0) is 9.59 Å². The number of rotatable bonds is 3. The van der Waals surface area contributed by atoms with Gasteiger partial charge >= 0.3 is 5.69 Å². The third-order valence-electron chi connectivity index (χ3n) is 4.67. The Bertz CT molecular complexity index is 1080. The van der Waals surface area contributed by atoms with Crippen LogP contribution in [0.25, 0.3) is 11.0 Å². The molecule has 1 saturated heterocycles. The van der Waals surface area contributed by atoms with E-state index in [1.165, 1.54) is 4.90 Å². The van der Waals surface area contributed by atoms with Gasteiger partial charge in [-0.25, -0.2) is 9.69 Å². The molecule has 3 aromatic rings. The molecule has 1 atom stereocenters. The van der Waals surface area contributed by atoms with Crippen molar-refractivity contribution in [1.29, 1.82) is 0 Å². The Kier molecular flexibility index (Phi) is 3.64. The standard InChI is InChI=1S/C19H18N4O3/c1-10-4-3-5-11(2)17(10)23-16(24)9-15(18(23)25)20-12-6-7-13-14(8-12)22-19(26)21-13/h3-8,15,20H,9H2,1-2H3,(H2,21,22,26). The van der Waals surface area contributed by atoms with Crippen molar-refractivity contribution in [3.8, 4) is 0 Å². The molecule has 1 aromatic heterocycles. The van der Waals surface area contributed by atoms with E-state index in [0.29, 0.717) is 22.4 Å². The number of benzene rings is 2. The van der Waals surface area contributed by atoms with Gasteiger partial charge < -0.3 is 15.3 Å². The van der Waals surface area contributed by atoms with Crippen molar-refractivity contribution in [2.45, 2.75) is 26.3 Å². The Morgan fingerprint density at radius 2 is 1.69 bits per heavy atom. The maximum absolute atomic E-state index is 12.9. The number of imide groups is 1. The summed E-state index contributed by atoms with van der Waals surface area (Å²) in [6.45, 7) is 3.78. The first-order valence-corrected chi connectivity index (χ1v) is 8.35. The van der Waals surface area contributed by atoms with Crippen LogP contribution >= 0.6 is 0 Å². The molecule has 0 saturated carbocycles. The summed E-state index contributed by atoms with van der Waals surface area (Å²) in [4.78, 5) is 43.4. The number of fused-ring (bicyclic) bond motifs is 1. The minimum atomic E-state index is -0.635. The number of carbonyl (C=O) groups is 2. The summed E-state index contributed by atoms with van der Waals surface area (Å²) in [6.07, 6.45) is 0.0916. The van der Waals surface area contributed by atoms with Crippen LogP contribution in [0.3, 0.4) is 0 Å². The number of aromatic amines is 2. The molecule has 2 aromatic carbocycles. The first-order chi connectivity index (χ1) is 12.4. The van der Waals surface area contributed by atoms with Gasteiger partial charge in [0.25, 0.3) is 5.91 Å². The number of nitrogens with one attached hydrogen (secondary N) is 3. The van der Waals surface area contributed by atoms with E-state index in [-0.39, 0.29) is 23.9 Å². The lowest BCUT2D eigenvalue weighted by Crippen LogP contribution is -2.35. The van der Waals surface area contributed by atoms with Crippen LogP contribution in [0, 0.1) is 13.8 Å². The van der Waals surface area contributed by atoms with Crippen molar-refractivity contribution >= 4 is 34.2 Å². The molecule has 1 fully saturated rings. The SMILES string of the molecule is Cc1cccc(C)c1N1C(=O)CC(Nc2ccc3[nH]c(=O)[nH]c3c2)C1=O. The minimum absolute atomic E-state index is 0.0916. The van der Waals surface area contributed by atoms with Crippen molar-refractivity contribution in [1.82, 2.24) is 9.97 Å². The third kappa shape index (κ3) is 2.57. The number of aryl methyl sites for hydroxylation is 2. The van der Waals surface area contributed by atoms with Gasteiger partial charge in [0.2, 0.25) is 5.91 Å². The van der Waals surface area contributed by atoms with Gasteiger partial charge in [-0.05, 0) is 43.2 Å². The zero-order valence-electron chi connectivity index (χ0n) is 14.4. The number of hydrogen-bond acceptors (Lipinski definition) is 4. The van der Waals surface area contributed by atoms with Gasteiger partial charge in [0, 0.05) is 5.69 Å². The number of nitrogens with zero attached hydrogens (tertiary/aromatic N) is 1. The smallest absolute Gasteiger partial charge is 0.323 e. The fourth-order valence-corrected chi connectivity index (χ4v) is 3.46. The van der Waals surface area contributed by atoms with E-state index in [0.717, 1.165) is 11.1 Å². The fraction of sp³-hybridized carbons (Fsp3) is 0.211. The molecule has 1 unspecified atom stereocenters. The lowest BCUT2D eigenvalue weighted by atomic mass is 10.1. The Morgan fingerprint density at radius 1 is 1.00 bits per heavy atom. The van der Waals surface area contributed by atoms with E-state index < -0.39 is 6.04 Å². The average Bonchev–Trinajstić information content (AvgIpc) is 3.08. The summed E-state index contributed by atoms with van der Waals surface area (Å²) in [6, 6.07) is 10.3. The zero-order valence-corrected chi connectivity index (χ0v) is 14.4. The molecule has 26 heavy (non-hydrogen) atoms. The van der Waals surface area contributed by atoms with Crippen molar-refractivity contribution in [3.05, 3.63) is 58.0 Å². The van der Waals surface area contributed by atoms with Crippen LogP contribution in [0.1, 0.15) is 17.5 Å². The number of carbonyl (C=O) groups excluding carboxylic acids is 2. The van der Waals surface area contributed by atoms with Crippen LogP contribution < -0.4 is 15.9 Å². The number of aromatic nitrogens is 2. The highest BCUT2D eigenvalue weighted by atomic mass is 16.2. The first kappa shape index (κ1) is 16.1. The van der Waals surface area contributed by atoms with Crippen LogP contribution in [0.2, 0.25) is 0 Å². The van der Waals surface area contributed by atoms with Gasteiger partial charge in [0.1, 0.15) is 6.04 Å². The van der Waals surface area contributed by atoms with Crippen LogP contribution in [0.5, 0.6) is 0 Å². The number of para-hydroxylation sites is 1. The van der Waals surface area contributed by atoms with Crippen LogP contribution in [-0.4, -0.2) is 27.8 Å². The van der Waals surface area contributed by atoms with E-state index in [2.05, 4.69) is 15.3 Å². The monoisotopic (exact) mass is 350 g/mol. The molecule has 0 aliphatic carbocycles. The number of imidazole rings is 1. The molecular formula is C19H18N4O3. The maximum atomic E-state index is 12.9. The topological polar surface area (TPSA) is 98.1 Å². The maximum Gasteiger partial charge on any atom is 0.323 e. The molecule has 0 spiro atoms. The normalized spacial score (nSPS) is 17.3. The molecule has 7 heteroatoms. The molecule has 1 aliphatic heterocycles. The van der Waals surface area contributed by atoms with E-state index >= 15 is 0 Å². The molecule has 7 nitrogen and oxygen atoms in total. The van der Waals surface area contributed by atoms with Gasteiger partial charge in [-0.2, -0.15) is 0 Å². The lowest BCUT2D eigenvalue weighted by Gasteiger charge is -2.20. The number of amides is 2. The molecule has 2 amide bonds. The van der Waals surface area contributed by atoms with Gasteiger partial charge in [-0.15, -0.1) is 0 Å². The second kappa shape index (κ2) is 5.87. The first-order valence-electron chi connectivity index (χ1n) is 8.35. The van der Waals surface area contributed by atoms with Gasteiger partial charge in [0.05, 0.1) is 23.1 Å². The Balaban J connectivity index is 1.63. The Labute approximate surface area is 149 Å². The predicted octanol–water partition coefficient (Wildman–Crippen LogP) is 2.22. The molecular weight excluding hydrogens is 332 g/mol. The van der Waals surface area contributed by atoms with Crippen molar-refractivity contribution < 1.29 is 9.59 Å². The summed E-state index contributed by atoms with van der Waals surface area (Å²) in [5.41, 5.74) is 4.15. The van der Waals surface area contributed by atoms with Crippen molar-refractivity contribution in [2.75, 3.05) is 10.2 Å². The highest BCUT2D eigenvalue weighted by molar-refractivity contribution is 6.23. The largest absolute Gasteiger partial charge is 0.373 e. The molecule has 1 aliphatic rings. The molecule has 3 N–H and O–H groups in total. The number of H-pyrrole nitrogens is 2. The summed E-state index contributed by atoms with van der Waals surface area (Å²) < 4.78 is 0. The molecule has 4 rings (SSSR count). The second-order valence-electron chi connectivity index (χ2n) is 6.55. The molecule has 0 radical (unpaired) electrons. The van der Waals surface area contributed by atoms with Crippen LogP contribution in [0.15, 0.2) is 41.2 Å². The van der Waals surface area contributed by atoms with Crippen molar-refractivity contribution in [2.24, 2.45) is 0 Å². The van der Waals surface area contributed by atoms with E-state index in [4.69, 9.17) is 0 Å². The highest BCUT2D eigenvalue weighted by Crippen LogP contribution is 2.30. The zero-order chi connectivity index (χ0) is 18.4. The summed E-state index contributed by atoms with van der Waals surface area (Å²) >= 11 is 0. The Hall–Kier alpha value is -3.35. The predicted molar refractivity (Wildman–Crippen MR) is 99.4 cm³/mol. The number of anilines is 2. The Morgan fingerprint density at radius 3 is 2.42 bits per heavy atom. The minimum Gasteiger partial charge on any atom is -0.373 e. The lowest BCUT2D eigenvalue weighted by molar-refractivity contribution is -0.121. The number of hydrogen-bond donors (Lipinski definition) is 3. The van der Waals surface area contributed by atoms with E-state index in [9.17, 15) is 14.4 Å². The third-order valence-corrected chi connectivity index (χ3v) is 4.67. The van der Waals surface area contributed by atoms with Gasteiger partial charge in [0.15, 0.2) is 0 Å². The summed E-state index contributed by atoms with van der Waals surface area (Å²) in [5, 5.41) is 3.11. The summed E-state index contributed by atoms with van der Waals surface area (Å²) in [5.74, 6) is -0.490. The molecule has 2 heterocycles. The van der Waals surface area contributed by atoms with Gasteiger partial charge in [-0.3, -0.25) is 9.59 Å². The molecule has 132 valence electrons. The highest BCUT2D eigenvalue weighted by Gasteiger charge is 2.40. The van der Waals surface area contributed by atoms with Crippen molar-refractivity contribution in [3.63, 3.8) is 0 Å². The quantitative estimate of drug-likeness (QED) is 0.631. The average molecular weight is 350 g/mol. The second-order valence-corrected chi connectivity index (χ2v) is 6.55. The fourth-order valence-electron chi connectivity index (χ4n) is 3.46. The van der Waals surface area contributed by atoms with Gasteiger partial charge in [-0.1, -0.05) is 18.2 Å². The van der Waals surface area contributed by atoms with E-state index in [1.807, 2.05) is 32.0 Å².